The monoisotopic (exact) mass is 280 g/mol. The average molecular weight is 280 g/mol. The molecule has 0 aliphatic heterocycles. The Kier molecular flexibility index (Phi) is 14.5. The molecule has 0 fully saturated rings. The van der Waals surface area contributed by atoms with Gasteiger partial charge in [0, 0.05) is 6.61 Å². The highest BCUT2D eigenvalue weighted by molar-refractivity contribution is 5.56. The summed E-state index contributed by atoms with van der Waals surface area (Å²) < 4.78 is 25.1. The van der Waals surface area contributed by atoms with Crippen molar-refractivity contribution in [2.75, 3.05) is 59.5 Å². The van der Waals surface area contributed by atoms with Crippen LogP contribution in [-0.2, 0) is 23.7 Å². The van der Waals surface area contributed by atoms with Gasteiger partial charge in [-0.1, -0.05) is 6.92 Å². The number of hydrogen-bond acceptors (Lipinski definition) is 6. The van der Waals surface area contributed by atoms with Crippen LogP contribution in [0.4, 0.5) is 4.79 Å². The van der Waals surface area contributed by atoms with Gasteiger partial charge in [-0.3, -0.25) is 0 Å². The Morgan fingerprint density at radius 3 is 1.47 bits per heavy atom. The van der Waals surface area contributed by atoms with Crippen LogP contribution in [0.15, 0.2) is 0 Å². The van der Waals surface area contributed by atoms with Gasteiger partial charge in [-0.25, -0.2) is 4.79 Å². The molecule has 7 nitrogen and oxygen atoms in total. The molecule has 0 rings (SSSR count). The number of rotatable bonds is 14. The van der Waals surface area contributed by atoms with E-state index in [2.05, 4.69) is 11.7 Å². The molecule has 0 aromatic rings. The van der Waals surface area contributed by atoms with Gasteiger partial charge < -0.3 is 28.8 Å². The normalized spacial score (nSPS) is 10.6. The van der Waals surface area contributed by atoms with E-state index < -0.39 is 6.16 Å². The van der Waals surface area contributed by atoms with Gasteiger partial charge in [-0.15, -0.1) is 0 Å². The second-order valence-corrected chi connectivity index (χ2v) is 3.56. The Bertz CT molecular complexity index is 199. The molecule has 0 aromatic heterocycles. The second-order valence-electron chi connectivity index (χ2n) is 3.56. The summed E-state index contributed by atoms with van der Waals surface area (Å²) in [5.74, 6) is 0. The van der Waals surface area contributed by atoms with Crippen LogP contribution in [0, 0.1) is 0 Å². The maximum Gasteiger partial charge on any atom is 0.505 e. The molecule has 0 unspecified atom stereocenters. The fourth-order valence-electron chi connectivity index (χ4n) is 1.09. The summed E-state index contributed by atoms with van der Waals surface area (Å²) in [6.45, 7) is 6.17. The lowest BCUT2D eigenvalue weighted by atomic mass is 10.5. The van der Waals surface area contributed by atoms with Crippen molar-refractivity contribution in [3.8, 4) is 0 Å². The zero-order chi connectivity index (χ0) is 14.2. The minimum absolute atomic E-state index is 0.0379. The summed E-state index contributed by atoms with van der Waals surface area (Å²) in [4.78, 5) is 9.99. The van der Waals surface area contributed by atoms with E-state index in [4.69, 9.17) is 24.1 Å². The Morgan fingerprint density at radius 1 is 0.737 bits per heavy atom. The molecular formula is C12H24O7. The van der Waals surface area contributed by atoms with Crippen LogP contribution in [0.5, 0.6) is 0 Å². The van der Waals surface area contributed by atoms with Crippen LogP contribution in [0.25, 0.3) is 0 Å². The highest BCUT2D eigenvalue weighted by atomic mass is 16.7. The van der Waals surface area contributed by atoms with E-state index in [0.717, 1.165) is 13.0 Å². The predicted octanol–water partition coefficient (Wildman–Crippen LogP) is 1.16. The lowest BCUT2D eigenvalue weighted by Crippen LogP contribution is -2.14. The molecule has 19 heavy (non-hydrogen) atoms. The van der Waals surface area contributed by atoms with Gasteiger partial charge in [0.1, 0.15) is 6.61 Å². The average Bonchev–Trinajstić information content (AvgIpc) is 2.39. The third-order valence-corrected chi connectivity index (χ3v) is 1.92. The quantitative estimate of drug-likeness (QED) is 0.377. The smallest absolute Gasteiger partial charge is 0.450 e. The minimum Gasteiger partial charge on any atom is -0.450 e. The summed E-state index contributed by atoms with van der Waals surface area (Å²) in [7, 11) is 0. The van der Waals surface area contributed by atoms with Crippen molar-refractivity contribution < 1.29 is 33.6 Å². The molecule has 0 saturated heterocycles. The van der Waals surface area contributed by atoms with Crippen LogP contribution in [0.1, 0.15) is 13.3 Å². The molecule has 0 aromatic carbocycles. The number of carbonyl (C=O) groups is 1. The van der Waals surface area contributed by atoms with Crippen molar-refractivity contribution in [2.45, 2.75) is 13.3 Å². The first kappa shape index (κ1) is 18.1. The topological polar surface area (TPSA) is 83.5 Å². The van der Waals surface area contributed by atoms with E-state index >= 15 is 0 Å². The summed E-state index contributed by atoms with van der Waals surface area (Å²) in [6, 6.07) is 0. The van der Waals surface area contributed by atoms with Gasteiger partial charge in [0.25, 0.3) is 0 Å². The molecule has 0 atom stereocenters. The summed E-state index contributed by atoms with van der Waals surface area (Å²) >= 11 is 0. The van der Waals surface area contributed by atoms with Gasteiger partial charge in [-0.05, 0) is 6.42 Å². The molecular weight excluding hydrogens is 256 g/mol. The second kappa shape index (κ2) is 15.2. The van der Waals surface area contributed by atoms with Crippen molar-refractivity contribution >= 4 is 6.16 Å². The Balaban J connectivity index is 2.93. The first-order valence-corrected chi connectivity index (χ1v) is 6.44. The molecule has 0 bridgehead atoms. The highest BCUT2D eigenvalue weighted by Gasteiger charge is 1.95. The molecule has 0 amide bonds. The van der Waals surface area contributed by atoms with E-state index in [1.165, 1.54) is 0 Å². The molecule has 1 N–H and O–H groups in total. The number of ether oxygens (including phenoxy) is 5. The third-order valence-electron chi connectivity index (χ3n) is 1.92. The maximum atomic E-state index is 9.99. The van der Waals surface area contributed by atoms with Crippen molar-refractivity contribution in [1.29, 1.82) is 0 Å². The van der Waals surface area contributed by atoms with Gasteiger partial charge >= 0.3 is 6.16 Å². The molecule has 0 aliphatic rings. The zero-order valence-electron chi connectivity index (χ0n) is 11.5. The molecule has 0 heterocycles. The van der Waals surface area contributed by atoms with E-state index in [1.807, 2.05) is 0 Å². The summed E-state index contributed by atoms with van der Waals surface area (Å²) in [5, 5.41) is 8.18. The highest BCUT2D eigenvalue weighted by Crippen LogP contribution is 1.84. The number of hydrogen-bond donors (Lipinski definition) is 1. The van der Waals surface area contributed by atoms with E-state index in [0.29, 0.717) is 39.6 Å². The van der Waals surface area contributed by atoms with Crippen LogP contribution in [-0.4, -0.2) is 70.7 Å². The molecule has 0 saturated carbocycles. The van der Waals surface area contributed by atoms with Gasteiger partial charge in [0.15, 0.2) is 0 Å². The third kappa shape index (κ3) is 17.1. The fraction of sp³-hybridized carbons (Fsp3) is 0.917. The zero-order valence-corrected chi connectivity index (χ0v) is 11.5. The maximum absolute atomic E-state index is 9.99. The van der Waals surface area contributed by atoms with E-state index in [9.17, 15) is 4.79 Å². The predicted molar refractivity (Wildman–Crippen MR) is 67.5 cm³/mol. The Morgan fingerprint density at radius 2 is 1.11 bits per heavy atom. The first-order valence-electron chi connectivity index (χ1n) is 6.44. The SMILES string of the molecule is CCCOCCOCCOCCOCCOC(=O)O. The minimum atomic E-state index is -1.29. The first-order chi connectivity index (χ1) is 9.27. The Hall–Kier alpha value is -0.890. The molecule has 7 heteroatoms. The fourth-order valence-corrected chi connectivity index (χ4v) is 1.09. The standard InChI is InChI=1S/C12H24O7/c1-2-3-15-4-5-16-6-7-17-8-9-18-10-11-19-12(13)14/h2-11H2,1H3,(H,13,14). The van der Waals surface area contributed by atoms with Crippen molar-refractivity contribution in [2.24, 2.45) is 0 Å². The summed E-state index contributed by atoms with van der Waals surface area (Å²) in [6.07, 6.45) is -0.277. The lowest BCUT2D eigenvalue weighted by Gasteiger charge is -2.07. The van der Waals surface area contributed by atoms with E-state index in [-0.39, 0.29) is 13.2 Å². The van der Waals surface area contributed by atoms with E-state index in [1.54, 1.807) is 0 Å². The molecule has 0 spiro atoms. The molecule has 0 radical (unpaired) electrons. The van der Waals surface area contributed by atoms with Crippen molar-refractivity contribution in [3.63, 3.8) is 0 Å². The van der Waals surface area contributed by atoms with Gasteiger partial charge in [0.05, 0.1) is 46.2 Å². The van der Waals surface area contributed by atoms with Crippen molar-refractivity contribution in [1.82, 2.24) is 0 Å². The Labute approximate surface area is 113 Å². The largest absolute Gasteiger partial charge is 0.505 e. The summed E-state index contributed by atoms with van der Waals surface area (Å²) in [5.41, 5.74) is 0. The lowest BCUT2D eigenvalue weighted by molar-refractivity contribution is -0.00864. The van der Waals surface area contributed by atoms with Crippen LogP contribution in [0.2, 0.25) is 0 Å². The van der Waals surface area contributed by atoms with Gasteiger partial charge in [0.2, 0.25) is 0 Å². The molecule has 114 valence electrons. The number of carboxylic acid groups (broad SMARTS) is 1. The van der Waals surface area contributed by atoms with Crippen molar-refractivity contribution in [3.05, 3.63) is 0 Å². The van der Waals surface area contributed by atoms with Crippen LogP contribution in [0.3, 0.4) is 0 Å². The van der Waals surface area contributed by atoms with Crippen LogP contribution < -0.4 is 0 Å². The molecule has 0 aliphatic carbocycles. The van der Waals surface area contributed by atoms with Crippen LogP contribution >= 0.6 is 0 Å². The van der Waals surface area contributed by atoms with Gasteiger partial charge in [-0.2, -0.15) is 0 Å².